The fourth-order valence-electron chi connectivity index (χ4n) is 4.84. The molecule has 0 atom stereocenters. The van der Waals surface area contributed by atoms with Crippen molar-refractivity contribution in [3.05, 3.63) is 41.1 Å². The van der Waals surface area contributed by atoms with Gasteiger partial charge in [0, 0.05) is 31.4 Å². The van der Waals surface area contributed by atoms with Gasteiger partial charge in [-0.15, -0.1) is 0 Å². The van der Waals surface area contributed by atoms with Gasteiger partial charge in [-0.1, -0.05) is 0 Å². The van der Waals surface area contributed by atoms with Crippen LogP contribution in [0.5, 0.6) is 5.75 Å². The molecule has 214 valence electrons. The van der Waals surface area contributed by atoms with Crippen LogP contribution in [0.1, 0.15) is 48.0 Å². The van der Waals surface area contributed by atoms with E-state index in [1.807, 2.05) is 0 Å². The lowest BCUT2D eigenvalue weighted by atomic mass is 9.92. The molecule has 0 radical (unpaired) electrons. The number of hydrogen-bond acceptors (Lipinski definition) is 10. The number of sulfonamides is 1. The minimum absolute atomic E-state index is 0.0196. The van der Waals surface area contributed by atoms with Crippen molar-refractivity contribution < 1.29 is 31.5 Å². The number of carbonyl (C=O) groups is 1. The fourth-order valence-corrected chi connectivity index (χ4v) is 6.21. The van der Waals surface area contributed by atoms with Crippen LogP contribution in [0.25, 0.3) is 0 Å². The third kappa shape index (κ3) is 7.59. The summed E-state index contributed by atoms with van der Waals surface area (Å²) < 4.78 is 66.3. The highest BCUT2D eigenvalue weighted by atomic mass is 32.2. The molecule has 2 fully saturated rings. The molecule has 39 heavy (non-hydrogen) atoms. The summed E-state index contributed by atoms with van der Waals surface area (Å²) in [6.07, 6.45) is 4.37. The van der Waals surface area contributed by atoms with Crippen LogP contribution in [0.2, 0.25) is 0 Å². The maximum atomic E-state index is 14.4. The number of nitrogen functional groups attached to an aromatic ring is 1. The topological polar surface area (TPSA) is 149 Å². The van der Waals surface area contributed by atoms with Gasteiger partial charge in [-0.25, -0.2) is 26.9 Å². The van der Waals surface area contributed by atoms with E-state index in [2.05, 4.69) is 24.9 Å². The van der Waals surface area contributed by atoms with Crippen LogP contribution in [-0.2, 0) is 14.8 Å². The van der Waals surface area contributed by atoms with Gasteiger partial charge in [0.2, 0.25) is 21.8 Å². The molecule has 1 saturated carbocycles. The van der Waals surface area contributed by atoms with Crippen LogP contribution in [0.3, 0.4) is 0 Å². The van der Waals surface area contributed by atoms with Crippen molar-refractivity contribution in [3.8, 4) is 5.75 Å². The van der Waals surface area contributed by atoms with Crippen LogP contribution in [0.4, 0.5) is 20.5 Å². The van der Waals surface area contributed by atoms with E-state index < -0.39 is 33.0 Å². The van der Waals surface area contributed by atoms with E-state index in [0.29, 0.717) is 45.3 Å². The van der Waals surface area contributed by atoms with E-state index in [1.54, 1.807) is 0 Å². The summed E-state index contributed by atoms with van der Waals surface area (Å²) in [7, 11) is -2.13. The standard InChI is InChI=1S/C25H34F2N6O5S/c1-37-20-8-7-19(26)22(27)21(20)23(34)18-15-29-25(31-24(18)28)30-16-3-5-17(6-4-16)32-39(35,36)14-2-9-33-10-12-38-13-11-33/h7-8,15-17,32H,2-6,9-14H2,1H3,(H3,28,29,30,31). The lowest BCUT2D eigenvalue weighted by Gasteiger charge is -2.30. The van der Waals surface area contributed by atoms with Crippen molar-refractivity contribution in [2.75, 3.05) is 56.8 Å². The average molecular weight is 569 g/mol. The molecular weight excluding hydrogens is 534 g/mol. The van der Waals surface area contributed by atoms with Crippen molar-refractivity contribution in [2.24, 2.45) is 0 Å². The van der Waals surface area contributed by atoms with E-state index in [-0.39, 0.29) is 40.9 Å². The highest BCUT2D eigenvalue weighted by Gasteiger charge is 2.27. The zero-order valence-corrected chi connectivity index (χ0v) is 22.6. The molecule has 2 heterocycles. The summed E-state index contributed by atoms with van der Waals surface area (Å²) in [4.78, 5) is 23.4. The minimum atomic E-state index is -3.37. The van der Waals surface area contributed by atoms with Crippen LogP contribution in [0, 0.1) is 11.6 Å². The summed E-state index contributed by atoms with van der Waals surface area (Å²) >= 11 is 0. The van der Waals surface area contributed by atoms with Gasteiger partial charge in [-0.05, 0) is 50.8 Å². The van der Waals surface area contributed by atoms with Crippen LogP contribution in [0.15, 0.2) is 18.3 Å². The largest absolute Gasteiger partial charge is 0.496 e. The van der Waals surface area contributed by atoms with E-state index in [1.165, 1.54) is 7.11 Å². The Kier molecular flexibility index (Phi) is 9.64. The Morgan fingerprint density at radius 3 is 2.54 bits per heavy atom. The molecule has 2 aromatic rings. The number of benzene rings is 1. The van der Waals surface area contributed by atoms with Crippen LogP contribution in [-0.4, -0.2) is 86.9 Å². The van der Waals surface area contributed by atoms with Gasteiger partial charge in [0.05, 0.1) is 31.6 Å². The van der Waals surface area contributed by atoms with E-state index in [4.69, 9.17) is 15.2 Å². The highest BCUT2D eigenvalue weighted by molar-refractivity contribution is 7.89. The molecule has 4 rings (SSSR count). The normalized spacial score (nSPS) is 20.5. The van der Waals surface area contributed by atoms with E-state index in [9.17, 15) is 22.0 Å². The number of halogens is 2. The summed E-state index contributed by atoms with van der Waals surface area (Å²) in [5, 5.41) is 3.16. The van der Waals surface area contributed by atoms with Crippen molar-refractivity contribution in [1.82, 2.24) is 19.6 Å². The van der Waals surface area contributed by atoms with Gasteiger partial charge in [0.25, 0.3) is 0 Å². The second kappa shape index (κ2) is 12.9. The van der Waals surface area contributed by atoms with Crippen molar-refractivity contribution in [3.63, 3.8) is 0 Å². The molecule has 1 saturated heterocycles. The molecule has 0 unspecified atom stereocenters. The second-order valence-corrected chi connectivity index (χ2v) is 11.6. The minimum Gasteiger partial charge on any atom is -0.496 e. The number of aromatic nitrogens is 2. The molecule has 14 heteroatoms. The molecule has 1 aliphatic carbocycles. The number of hydrogen-bond donors (Lipinski definition) is 3. The zero-order chi connectivity index (χ0) is 28.0. The predicted molar refractivity (Wildman–Crippen MR) is 141 cm³/mol. The Hall–Kier alpha value is -2.94. The van der Waals surface area contributed by atoms with Gasteiger partial charge in [0.1, 0.15) is 17.1 Å². The average Bonchev–Trinajstić information content (AvgIpc) is 2.91. The molecular formula is C25H34F2N6O5S. The van der Waals surface area contributed by atoms with Crippen LogP contribution < -0.4 is 20.5 Å². The van der Waals surface area contributed by atoms with Gasteiger partial charge in [0.15, 0.2) is 11.6 Å². The molecule has 1 aromatic carbocycles. The summed E-state index contributed by atoms with van der Waals surface area (Å²) in [5.74, 6) is -3.49. The quantitative estimate of drug-likeness (QED) is 0.343. The number of rotatable bonds is 11. The lowest BCUT2D eigenvalue weighted by Crippen LogP contribution is -2.42. The second-order valence-electron chi connectivity index (χ2n) is 9.70. The Balaban J connectivity index is 1.28. The first-order valence-corrected chi connectivity index (χ1v) is 14.6. The third-order valence-electron chi connectivity index (χ3n) is 6.96. The monoisotopic (exact) mass is 568 g/mol. The maximum Gasteiger partial charge on any atom is 0.224 e. The molecule has 1 aliphatic heterocycles. The van der Waals surface area contributed by atoms with E-state index >= 15 is 0 Å². The molecule has 11 nitrogen and oxygen atoms in total. The molecule has 4 N–H and O–H groups in total. The number of anilines is 2. The number of carbonyl (C=O) groups excluding carboxylic acids is 1. The van der Waals surface area contributed by atoms with Crippen molar-refractivity contribution in [2.45, 2.75) is 44.2 Å². The number of nitrogens with zero attached hydrogens (tertiary/aromatic N) is 3. The predicted octanol–water partition coefficient (Wildman–Crippen LogP) is 1.94. The first kappa shape index (κ1) is 29.1. The molecule has 0 amide bonds. The third-order valence-corrected chi connectivity index (χ3v) is 8.48. The Morgan fingerprint density at radius 1 is 1.18 bits per heavy atom. The Morgan fingerprint density at radius 2 is 1.87 bits per heavy atom. The van der Waals surface area contributed by atoms with Gasteiger partial charge in [-0.2, -0.15) is 4.98 Å². The smallest absolute Gasteiger partial charge is 0.224 e. The summed E-state index contributed by atoms with van der Waals surface area (Å²) in [6, 6.07) is 1.86. The summed E-state index contributed by atoms with van der Waals surface area (Å²) in [6.45, 7) is 3.77. The molecule has 0 spiro atoms. The molecule has 2 aliphatic rings. The highest BCUT2D eigenvalue weighted by Crippen LogP contribution is 2.28. The first-order valence-electron chi connectivity index (χ1n) is 12.9. The molecule has 0 bridgehead atoms. The maximum absolute atomic E-state index is 14.4. The van der Waals surface area contributed by atoms with Crippen LogP contribution >= 0.6 is 0 Å². The van der Waals surface area contributed by atoms with Gasteiger partial charge >= 0.3 is 0 Å². The number of nitrogens with two attached hydrogens (primary N) is 1. The first-order chi connectivity index (χ1) is 18.7. The number of methoxy groups -OCH3 is 1. The van der Waals surface area contributed by atoms with Gasteiger partial charge < -0.3 is 20.5 Å². The SMILES string of the molecule is COc1ccc(F)c(F)c1C(=O)c1cnc(NC2CCC(NS(=O)(=O)CCCN3CCOCC3)CC2)nc1N. The van der Waals surface area contributed by atoms with Gasteiger partial charge in [-0.3, -0.25) is 9.69 Å². The number of nitrogens with one attached hydrogen (secondary N) is 2. The number of ether oxygens (including phenoxy) is 2. The number of ketones is 1. The number of morpholine rings is 1. The Labute approximate surface area is 226 Å². The molecule has 1 aromatic heterocycles. The van der Waals surface area contributed by atoms with E-state index in [0.717, 1.165) is 38.0 Å². The Bertz CT molecular complexity index is 1270. The fraction of sp³-hybridized carbons (Fsp3) is 0.560. The van der Waals surface area contributed by atoms with Crippen molar-refractivity contribution in [1.29, 1.82) is 0 Å². The summed E-state index contributed by atoms with van der Waals surface area (Å²) in [5.41, 5.74) is 5.20. The van der Waals surface area contributed by atoms with Crippen molar-refractivity contribution >= 4 is 27.6 Å². The zero-order valence-electron chi connectivity index (χ0n) is 21.8. The lowest BCUT2D eigenvalue weighted by molar-refractivity contribution is 0.0381.